The second kappa shape index (κ2) is 12.9. The molecule has 1 fully saturated rings. The molecular formula is C28H36N4O6. The molecule has 2 aromatic carbocycles. The van der Waals surface area contributed by atoms with Crippen LogP contribution in [0.15, 0.2) is 48.5 Å². The second-order valence-electron chi connectivity index (χ2n) is 9.93. The summed E-state index contributed by atoms with van der Waals surface area (Å²) < 4.78 is 5.64. The number of aliphatic hydroxyl groups is 1. The Morgan fingerprint density at radius 3 is 2.16 bits per heavy atom. The van der Waals surface area contributed by atoms with Crippen LogP contribution in [0, 0.1) is 5.92 Å². The zero-order chi connectivity index (χ0) is 27.1. The molecule has 3 atom stereocenters. The molecule has 2 aromatic rings. The number of hydrogen-bond acceptors (Lipinski definition) is 7. The van der Waals surface area contributed by atoms with E-state index in [4.69, 9.17) is 15.6 Å². The number of benzene rings is 2. The van der Waals surface area contributed by atoms with Crippen molar-refractivity contribution in [2.45, 2.75) is 62.9 Å². The highest BCUT2D eigenvalue weighted by Crippen LogP contribution is 2.44. The van der Waals surface area contributed by atoms with Crippen LogP contribution in [0.2, 0.25) is 0 Å². The van der Waals surface area contributed by atoms with E-state index in [0.717, 1.165) is 47.9 Å². The van der Waals surface area contributed by atoms with Crippen LogP contribution in [0.1, 0.15) is 55.6 Å². The van der Waals surface area contributed by atoms with Gasteiger partial charge in [0.2, 0.25) is 5.91 Å². The van der Waals surface area contributed by atoms with E-state index in [1.54, 1.807) is 0 Å². The molecule has 0 aliphatic heterocycles. The average Bonchev–Trinajstić information content (AvgIpc) is 3.54. The summed E-state index contributed by atoms with van der Waals surface area (Å²) in [6.07, 6.45) is 2.03. The predicted octanol–water partition coefficient (Wildman–Crippen LogP) is 2.26. The molecule has 4 rings (SSSR count). The van der Waals surface area contributed by atoms with Crippen molar-refractivity contribution in [2.24, 2.45) is 11.7 Å². The van der Waals surface area contributed by atoms with Gasteiger partial charge >= 0.3 is 12.1 Å². The lowest BCUT2D eigenvalue weighted by Gasteiger charge is -2.26. The van der Waals surface area contributed by atoms with E-state index in [1.807, 2.05) is 36.4 Å². The van der Waals surface area contributed by atoms with Gasteiger partial charge in [0.05, 0.1) is 0 Å². The Labute approximate surface area is 221 Å². The number of ether oxygens (including phenoxy) is 1. The van der Waals surface area contributed by atoms with Gasteiger partial charge in [-0.1, -0.05) is 61.4 Å². The van der Waals surface area contributed by atoms with Crippen molar-refractivity contribution in [3.8, 4) is 11.1 Å². The lowest BCUT2D eigenvalue weighted by atomic mass is 9.96. The number of rotatable bonds is 12. The highest BCUT2D eigenvalue weighted by atomic mass is 16.5. The van der Waals surface area contributed by atoms with Crippen LogP contribution in [0.4, 0.5) is 4.79 Å². The Bertz CT molecular complexity index is 1090. The first kappa shape index (κ1) is 27.6. The van der Waals surface area contributed by atoms with Crippen molar-refractivity contribution < 1.29 is 29.3 Å². The van der Waals surface area contributed by atoms with Crippen LogP contribution < -0.4 is 21.7 Å². The molecule has 0 aromatic heterocycles. The molecule has 7 N–H and O–H groups in total. The number of aliphatic carboxylic acids is 1. The minimum Gasteiger partial charge on any atom is -0.480 e. The molecule has 2 aliphatic rings. The van der Waals surface area contributed by atoms with Gasteiger partial charge < -0.3 is 25.6 Å². The molecule has 0 spiro atoms. The third kappa shape index (κ3) is 6.69. The standard InChI is InChI=1S/C28H36N4O6/c29-27(36)30-15-7-14-23(26(34)35)31-25(33)24(17-8-1-2-9-17)32-28(37)38-16-22-20-12-5-3-10-18(20)19-11-4-6-13-21(19)22/h3-6,10-13,17,22-24,27,30,36H,1-2,7-9,14-16,29H2,(H,31,33)(H,32,37)(H,34,35)/t23-,24-,27?/m0/s1. The molecule has 10 nitrogen and oxygen atoms in total. The summed E-state index contributed by atoms with van der Waals surface area (Å²) in [5, 5.41) is 26.6. The smallest absolute Gasteiger partial charge is 0.407 e. The summed E-state index contributed by atoms with van der Waals surface area (Å²) in [4.78, 5) is 37.9. The quantitative estimate of drug-likeness (QED) is 0.182. The average molecular weight is 525 g/mol. The summed E-state index contributed by atoms with van der Waals surface area (Å²) in [6.45, 7) is 0.415. The molecule has 204 valence electrons. The van der Waals surface area contributed by atoms with E-state index in [0.29, 0.717) is 13.0 Å². The maximum absolute atomic E-state index is 13.2. The van der Waals surface area contributed by atoms with E-state index in [9.17, 15) is 19.5 Å². The van der Waals surface area contributed by atoms with Crippen molar-refractivity contribution >= 4 is 18.0 Å². The fraction of sp³-hybridized carbons (Fsp3) is 0.464. The van der Waals surface area contributed by atoms with Crippen molar-refractivity contribution in [3.05, 3.63) is 59.7 Å². The van der Waals surface area contributed by atoms with Crippen LogP contribution in [-0.4, -0.2) is 59.8 Å². The molecule has 1 saturated carbocycles. The summed E-state index contributed by atoms with van der Waals surface area (Å²) >= 11 is 0. The number of carbonyl (C=O) groups is 3. The minimum atomic E-state index is -1.19. The molecule has 1 unspecified atom stereocenters. The third-order valence-electron chi connectivity index (χ3n) is 7.41. The lowest BCUT2D eigenvalue weighted by molar-refractivity contribution is -0.142. The third-order valence-corrected chi connectivity index (χ3v) is 7.41. The SMILES string of the molecule is NC(O)NCCC[C@H](NC(=O)[C@@H](NC(=O)OCC1c2ccccc2-c2ccccc21)C1CCCC1)C(=O)O. The first-order chi connectivity index (χ1) is 18.3. The first-order valence-corrected chi connectivity index (χ1v) is 13.2. The van der Waals surface area contributed by atoms with Gasteiger partial charge in [-0.05, 0) is 60.4 Å². The zero-order valence-electron chi connectivity index (χ0n) is 21.3. The Kier molecular flexibility index (Phi) is 9.33. The van der Waals surface area contributed by atoms with Crippen molar-refractivity contribution in [1.82, 2.24) is 16.0 Å². The van der Waals surface area contributed by atoms with Crippen LogP contribution in [-0.2, 0) is 14.3 Å². The van der Waals surface area contributed by atoms with E-state index < -0.39 is 36.4 Å². The van der Waals surface area contributed by atoms with Crippen LogP contribution in [0.25, 0.3) is 11.1 Å². The number of aliphatic hydroxyl groups excluding tert-OH is 1. The van der Waals surface area contributed by atoms with Crippen LogP contribution >= 0.6 is 0 Å². The van der Waals surface area contributed by atoms with E-state index >= 15 is 0 Å². The largest absolute Gasteiger partial charge is 0.480 e. The van der Waals surface area contributed by atoms with Gasteiger partial charge in [-0.3, -0.25) is 15.8 Å². The molecule has 0 radical (unpaired) electrons. The number of nitrogens with two attached hydrogens (primary N) is 1. The number of carboxylic acid groups (broad SMARTS) is 1. The molecule has 0 heterocycles. The fourth-order valence-corrected chi connectivity index (χ4v) is 5.53. The Morgan fingerprint density at radius 2 is 1.58 bits per heavy atom. The van der Waals surface area contributed by atoms with E-state index in [2.05, 4.69) is 28.1 Å². The summed E-state index contributed by atoms with van der Waals surface area (Å²) in [6, 6.07) is 14.1. The number of hydrogen-bond donors (Lipinski definition) is 6. The van der Waals surface area contributed by atoms with Gasteiger partial charge in [-0.25, -0.2) is 9.59 Å². The highest BCUT2D eigenvalue weighted by Gasteiger charge is 2.35. The van der Waals surface area contributed by atoms with Gasteiger partial charge in [-0.15, -0.1) is 0 Å². The highest BCUT2D eigenvalue weighted by molar-refractivity contribution is 5.89. The number of alkyl carbamates (subject to hydrolysis) is 1. The molecule has 0 saturated heterocycles. The summed E-state index contributed by atoms with van der Waals surface area (Å²) in [5.74, 6) is -1.91. The van der Waals surface area contributed by atoms with Crippen molar-refractivity contribution in [2.75, 3.05) is 13.2 Å². The van der Waals surface area contributed by atoms with E-state index in [-0.39, 0.29) is 24.9 Å². The number of fused-ring (bicyclic) bond motifs is 3. The van der Waals surface area contributed by atoms with Gasteiger partial charge in [-0.2, -0.15) is 0 Å². The fourth-order valence-electron chi connectivity index (χ4n) is 5.53. The number of nitrogens with one attached hydrogen (secondary N) is 3. The van der Waals surface area contributed by atoms with Gasteiger partial charge in [0.25, 0.3) is 0 Å². The normalized spacial score (nSPS) is 17.2. The minimum absolute atomic E-state index is 0.0982. The molecule has 2 amide bonds. The second-order valence-corrected chi connectivity index (χ2v) is 9.93. The van der Waals surface area contributed by atoms with Gasteiger partial charge in [0.15, 0.2) is 6.35 Å². The van der Waals surface area contributed by atoms with Crippen molar-refractivity contribution in [3.63, 3.8) is 0 Å². The Morgan fingerprint density at radius 1 is 0.974 bits per heavy atom. The summed E-state index contributed by atoms with van der Waals surface area (Å²) in [7, 11) is 0. The molecule has 10 heteroatoms. The Hall–Kier alpha value is -3.47. The predicted molar refractivity (Wildman–Crippen MR) is 141 cm³/mol. The van der Waals surface area contributed by atoms with E-state index in [1.165, 1.54) is 0 Å². The summed E-state index contributed by atoms with van der Waals surface area (Å²) in [5.41, 5.74) is 9.65. The monoisotopic (exact) mass is 524 g/mol. The number of amides is 2. The van der Waals surface area contributed by atoms with Gasteiger partial charge in [0, 0.05) is 5.92 Å². The maximum atomic E-state index is 13.2. The molecule has 38 heavy (non-hydrogen) atoms. The number of carboxylic acids is 1. The molecule has 0 bridgehead atoms. The van der Waals surface area contributed by atoms with Crippen molar-refractivity contribution in [1.29, 1.82) is 0 Å². The zero-order valence-corrected chi connectivity index (χ0v) is 21.3. The maximum Gasteiger partial charge on any atom is 0.407 e. The Balaban J connectivity index is 1.38. The number of carbonyl (C=O) groups excluding carboxylic acids is 2. The topological polar surface area (TPSA) is 163 Å². The van der Waals surface area contributed by atoms with Gasteiger partial charge in [0.1, 0.15) is 18.7 Å². The molecular weight excluding hydrogens is 488 g/mol. The lowest BCUT2D eigenvalue weighted by Crippen LogP contribution is -2.54. The van der Waals surface area contributed by atoms with Crippen LogP contribution in [0.5, 0.6) is 0 Å². The first-order valence-electron chi connectivity index (χ1n) is 13.2. The van der Waals surface area contributed by atoms with Crippen LogP contribution in [0.3, 0.4) is 0 Å². The molecule has 2 aliphatic carbocycles.